The van der Waals surface area contributed by atoms with Crippen molar-refractivity contribution in [2.75, 3.05) is 30.8 Å². The first-order chi connectivity index (χ1) is 23.3. The maximum Gasteiger partial charge on any atom is 0.387 e. The van der Waals surface area contributed by atoms with Gasteiger partial charge in [0.1, 0.15) is 11.9 Å². The topological polar surface area (TPSA) is 139 Å². The molecule has 5 rings (SSSR count). The van der Waals surface area contributed by atoms with Gasteiger partial charge in [-0.3, -0.25) is 14.5 Å². The normalized spacial score (nSPS) is 15.0. The number of ether oxygens (including phenoxy) is 5. The van der Waals surface area contributed by atoms with E-state index in [-0.39, 0.29) is 40.1 Å². The summed E-state index contributed by atoms with van der Waals surface area (Å²) in [5, 5.41) is 0.410. The zero-order valence-electron chi connectivity index (χ0n) is 26.3. The van der Waals surface area contributed by atoms with E-state index in [0.717, 1.165) is 31.9 Å². The second-order valence-electron chi connectivity index (χ2n) is 11.9. The maximum atomic E-state index is 13.1. The molecule has 2 fully saturated rings. The first-order valence-corrected chi connectivity index (χ1v) is 18.1. The first kappa shape index (κ1) is 36.4. The Kier molecular flexibility index (Phi) is 12.0. The number of carbonyl (C=O) groups excluding carboxylic acids is 2. The lowest BCUT2D eigenvalue weighted by Gasteiger charge is -2.21. The van der Waals surface area contributed by atoms with Crippen LogP contribution in [0.5, 0.6) is 17.2 Å². The molecule has 11 nitrogen and oxygen atoms in total. The van der Waals surface area contributed by atoms with Gasteiger partial charge in [0.05, 0.1) is 41.6 Å². The Morgan fingerprint density at radius 3 is 2.16 bits per heavy atom. The number of aromatic nitrogens is 1. The Balaban J connectivity index is 1.27. The molecule has 1 aromatic heterocycles. The SMILES string of the molecule is CS(=O)(=O)Nc1cc(CC(=O)OCC(=O)O[C@@H](Cc2c(Cl)cncc2Cl)c2ccc(OC(F)F)c(OCC3CC3)c2)ccc1OCC1CC1. The van der Waals surface area contributed by atoms with Gasteiger partial charge in [0, 0.05) is 18.8 Å². The summed E-state index contributed by atoms with van der Waals surface area (Å²) < 4.78 is 79.6. The van der Waals surface area contributed by atoms with Gasteiger partial charge >= 0.3 is 18.6 Å². The average molecular weight is 744 g/mol. The van der Waals surface area contributed by atoms with Crippen molar-refractivity contribution in [3.05, 3.63) is 75.5 Å². The van der Waals surface area contributed by atoms with Crippen LogP contribution in [0.15, 0.2) is 48.8 Å². The third kappa shape index (κ3) is 11.6. The summed E-state index contributed by atoms with van der Waals surface area (Å²) in [4.78, 5) is 29.7. The molecule has 0 aliphatic heterocycles. The number of pyridine rings is 1. The van der Waals surface area contributed by atoms with E-state index in [4.69, 9.17) is 42.1 Å². The molecule has 0 saturated heterocycles. The van der Waals surface area contributed by atoms with Crippen LogP contribution in [-0.4, -0.2) is 58.0 Å². The standard InChI is InChI=1S/C33H34Cl2F2N2O9S/c1-49(42,43)39-26-10-21(6-8-27(26)44-16-19-2-3-19)11-31(40)46-18-32(41)47-29(13-23-24(34)14-38-15-25(23)35)22-7-9-28(48-33(36)37)30(12-22)45-17-20-4-5-20/h6-10,12,14-15,19-20,29,33,39H,2-5,11,13,16-18H2,1H3/t29-/m0/s1. The second-order valence-corrected chi connectivity index (χ2v) is 14.5. The molecule has 0 unspecified atom stereocenters. The molecule has 16 heteroatoms. The number of hydrogen-bond donors (Lipinski definition) is 1. The Morgan fingerprint density at radius 2 is 1.55 bits per heavy atom. The summed E-state index contributed by atoms with van der Waals surface area (Å²) in [6.07, 6.45) is 6.36. The number of halogens is 4. The Labute approximate surface area is 292 Å². The van der Waals surface area contributed by atoms with Crippen LogP contribution in [0.4, 0.5) is 14.5 Å². The molecule has 2 saturated carbocycles. The molecule has 264 valence electrons. The summed E-state index contributed by atoms with van der Waals surface area (Å²) in [6.45, 7) is -3.10. The van der Waals surface area contributed by atoms with E-state index in [1.54, 1.807) is 12.1 Å². The van der Waals surface area contributed by atoms with Crippen molar-refractivity contribution in [3.8, 4) is 17.2 Å². The fourth-order valence-electron chi connectivity index (χ4n) is 4.70. The molecule has 0 bridgehead atoms. The van der Waals surface area contributed by atoms with Crippen molar-refractivity contribution >= 4 is 50.9 Å². The highest BCUT2D eigenvalue weighted by Gasteiger charge is 2.27. The Morgan fingerprint density at radius 1 is 0.918 bits per heavy atom. The minimum Gasteiger partial charge on any atom is -0.491 e. The summed E-state index contributed by atoms with van der Waals surface area (Å²) in [6, 6.07) is 8.79. The van der Waals surface area contributed by atoms with Crippen molar-refractivity contribution in [1.82, 2.24) is 4.98 Å². The predicted octanol–water partition coefficient (Wildman–Crippen LogP) is 6.55. The van der Waals surface area contributed by atoms with E-state index in [9.17, 15) is 26.8 Å². The molecule has 2 aliphatic carbocycles. The summed E-state index contributed by atoms with van der Waals surface area (Å²) in [5.74, 6) is -0.782. The number of rotatable bonds is 18. The number of nitrogens with one attached hydrogen (secondary N) is 1. The van der Waals surface area contributed by atoms with Gasteiger partial charge in [-0.25, -0.2) is 13.2 Å². The molecule has 0 radical (unpaired) electrons. The third-order valence-electron chi connectivity index (χ3n) is 7.55. The zero-order valence-corrected chi connectivity index (χ0v) is 28.7. The Hall–Kier alpha value is -3.88. The molecule has 3 aromatic rings. The quantitative estimate of drug-likeness (QED) is 0.143. The number of sulfonamides is 1. The lowest BCUT2D eigenvalue weighted by atomic mass is 10.0. The third-order valence-corrected chi connectivity index (χ3v) is 8.80. The number of alkyl halides is 2. The van der Waals surface area contributed by atoms with Crippen LogP contribution in [0.1, 0.15) is 48.5 Å². The molecular formula is C33H34Cl2F2N2O9S. The van der Waals surface area contributed by atoms with Crippen molar-refractivity contribution in [3.63, 3.8) is 0 Å². The fourth-order valence-corrected chi connectivity index (χ4v) is 5.78. The number of nitrogens with zero attached hydrogens (tertiary/aromatic N) is 1. The number of carbonyl (C=O) groups is 2. The van der Waals surface area contributed by atoms with Gasteiger partial charge in [0.15, 0.2) is 18.1 Å². The monoisotopic (exact) mass is 742 g/mol. The zero-order chi connectivity index (χ0) is 35.1. The molecule has 2 aliphatic rings. The highest BCUT2D eigenvalue weighted by Crippen LogP contribution is 2.38. The molecule has 1 atom stereocenters. The lowest BCUT2D eigenvalue weighted by Crippen LogP contribution is -2.21. The van der Waals surface area contributed by atoms with Crippen LogP contribution in [-0.2, 0) is 41.9 Å². The van der Waals surface area contributed by atoms with Crippen LogP contribution >= 0.6 is 23.2 Å². The van der Waals surface area contributed by atoms with Gasteiger partial charge in [0.2, 0.25) is 10.0 Å². The van der Waals surface area contributed by atoms with E-state index in [0.29, 0.717) is 47.5 Å². The molecule has 49 heavy (non-hydrogen) atoms. The van der Waals surface area contributed by atoms with Crippen molar-refractivity contribution in [1.29, 1.82) is 0 Å². The van der Waals surface area contributed by atoms with Crippen molar-refractivity contribution in [2.45, 2.75) is 51.2 Å². The molecule has 1 heterocycles. The molecule has 1 N–H and O–H groups in total. The van der Waals surface area contributed by atoms with Crippen LogP contribution in [0.2, 0.25) is 10.0 Å². The van der Waals surface area contributed by atoms with Crippen molar-refractivity contribution < 1.29 is 50.5 Å². The lowest BCUT2D eigenvalue weighted by molar-refractivity contribution is -0.162. The smallest absolute Gasteiger partial charge is 0.387 e. The van der Waals surface area contributed by atoms with E-state index in [1.165, 1.54) is 36.7 Å². The van der Waals surface area contributed by atoms with Crippen molar-refractivity contribution in [2.24, 2.45) is 11.8 Å². The highest BCUT2D eigenvalue weighted by atomic mass is 35.5. The number of hydrogen-bond acceptors (Lipinski definition) is 10. The number of esters is 2. The van der Waals surface area contributed by atoms with E-state index in [2.05, 4.69) is 14.4 Å². The molecular weight excluding hydrogens is 709 g/mol. The summed E-state index contributed by atoms with van der Waals surface area (Å²) >= 11 is 12.7. The fraction of sp³-hybridized carbons (Fsp3) is 0.424. The minimum absolute atomic E-state index is 0.0394. The van der Waals surface area contributed by atoms with Crippen LogP contribution in [0, 0.1) is 11.8 Å². The van der Waals surface area contributed by atoms with E-state index in [1.807, 2.05) is 0 Å². The molecule has 0 spiro atoms. The molecule has 0 amide bonds. The second kappa shape index (κ2) is 16.2. The summed E-state index contributed by atoms with van der Waals surface area (Å²) in [5.41, 5.74) is 1.35. The van der Waals surface area contributed by atoms with Gasteiger partial charge in [-0.2, -0.15) is 8.78 Å². The Bertz CT molecular complexity index is 1750. The van der Waals surface area contributed by atoms with E-state index >= 15 is 0 Å². The molecule has 2 aromatic carbocycles. The van der Waals surface area contributed by atoms with Crippen LogP contribution < -0.4 is 18.9 Å². The van der Waals surface area contributed by atoms with Crippen LogP contribution in [0.3, 0.4) is 0 Å². The largest absolute Gasteiger partial charge is 0.491 e. The van der Waals surface area contributed by atoms with Gasteiger partial charge in [-0.05, 0) is 78.5 Å². The predicted molar refractivity (Wildman–Crippen MR) is 176 cm³/mol. The van der Waals surface area contributed by atoms with E-state index < -0.39 is 41.3 Å². The number of anilines is 1. The summed E-state index contributed by atoms with van der Waals surface area (Å²) in [7, 11) is -3.64. The maximum absolute atomic E-state index is 13.1. The van der Waals surface area contributed by atoms with Gasteiger partial charge < -0.3 is 23.7 Å². The first-order valence-electron chi connectivity index (χ1n) is 15.4. The van der Waals surface area contributed by atoms with Gasteiger partial charge in [-0.1, -0.05) is 35.3 Å². The number of benzene rings is 2. The van der Waals surface area contributed by atoms with Gasteiger partial charge in [-0.15, -0.1) is 0 Å². The van der Waals surface area contributed by atoms with Gasteiger partial charge in [0.25, 0.3) is 0 Å². The minimum atomic E-state index is -3.64. The van der Waals surface area contributed by atoms with Crippen LogP contribution in [0.25, 0.3) is 0 Å². The highest BCUT2D eigenvalue weighted by molar-refractivity contribution is 7.92. The average Bonchev–Trinajstić information content (AvgIpc) is 3.96.